The van der Waals surface area contributed by atoms with E-state index in [0.29, 0.717) is 5.56 Å². The van der Waals surface area contributed by atoms with E-state index in [4.69, 9.17) is 10.7 Å². The average Bonchev–Trinajstić information content (AvgIpc) is 2.34. The Morgan fingerprint density at radius 2 is 2.60 bits per heavy atom. The number of nitriles is 1. The molecule has 0 bridgehead atoms. The lowest BCUT2D eigenvalue weighted by atomic mass is 10.2. The first kappa shape index (κ1) is 6.49. The molecule has 1 heterocycles. The Labute approximate surface area is 58.2 Å². The molecule has 10 heavy (non-hydrogen) atoms. The lowest BCUT2D eigenvalue weighted by molar-refractivity contribution is 0.767. The van der Waals surface area contributed by atoms with Crippen LogP contribution in [-0.2, 0) is 7.05 Å². The van der Waals surface area contributed by atoms with E-state index in [1.807, 2.05) is 0 Å². The Balaban J connectivity index is 2.98. The Bertz CT molecular complexity index is 291. The van der Waals surface area contributed by atoms with Gasteiger partial charge in [0, 0.05) is 18.8 Å². The summed E-state index contributed by atoms with van der Waals surface area (Å²) >= 11 is 0. The summed E-state index contributed by atoms with van der Waals surface area (Å²) in [4.78, 5) is 0. The lowest BCUT2D eigenvalue weighted by Crippen LogP contribution is -1.91. The number of hydrogen-bond donors (Lipinski definition) is 1. The van der Waals surface area contributed by atoms with Gasteiger partial charge in [-0.2, -0.15) is 10.4 Å². The molecule has 0 aliphatic rings. The summed E-state index contributed by atoms with van der Waals surface area (Å²) in [5.74, 6) is 0. The maximum atomic E-state index is 8.29. The fourth-order valence-corrected chi connectivity index (χ4v) is 0.615. The molecule has 1 N–H and O–H groups in total. The van der Waals surface area contributed by atoms with Crippen molar-refractivity contribution in [2.45, 2.75) is 0 Å². The summed E-state index contributed by atoms with van der Waals surface area (Å²) in [7, 11) is 1.74. The standard InChI is InChI=1S/C6H6N4/c1-10-4-5(3-9-10)6(8)2-7/h3-4,8H,1H3. The molecule has 50 valence electrons. The van der Waals surface area contributed by atoms with Gasteiger partial charge in [0.25, 0.3) is 0 Å². The molecule has 0 aromatic carbocycles. The number of hydrogen-bond acceptors (Lipinski definition) is 3. The van der Waals surface area contributed by atoms with Crippen LogP contribution >= 0.6 is 0 Å². The molecule has 4 heteroatoms. The first-order chi connectivity index (χ1) is 4.74. The van der Waals surface area contributed by atoms with E-state index in [-0.39, 0.29) is 5.71 Å². The fraction of sp³-hybridized carbons (Fsp3) is 0.167. The van der Waals surface area contributed by atoms with Crippen LogP contribution in [0.4, 0.5) is 0 Å². The van der Waals surface area contributed by atoms with Gasteiger partial charge >= 0.3 is 0 Å². The Kier molecular flexibility index (Phi) is 1.50. The number of aryl methyl sites for hydroxylation is 1. The number of rotatable bonds is 1. The van der Waals surface area contributed by atoms with Crippen LogP contribution in [0.1, 0.15) is 5.56 Å². The smallest absolute Gasteiger partial charge is 0.142 e. The average molecular weight is 134 g/mol. The monoisotopic (exact) mass is 134 g/mol. The van der Waals surface area contributed by atoms with Crippen LogP contribution in [0, 0.1) is 16.7 Å². The number of nitrogens with zero attached hydrogens (tertiary/aromatic N) is 3. The summed E-state index contributed by atoms with van der Waals surface area (Å²) in [6.45, 7) is 0. The van der Waals surface area contributed by atoms with Crippen LogP contribution in [0.5, 0.6) is 0 Å². The van der Waals surface area contributed by atoms with Crippen molar-refractivity contribution in [3.8, 4) is 6.07 Å². The molecule has 0 fully saturated rings. The van der Waals surface area contributed by atoms with Crippen molar-refractivity contribution in [2.75, 3.05) is 0 Å². The van der Waals surface area contributed by atoms with Gasteiger partial charge in [0.1, 0.15) is 11.8 Å². The van der Waals surface area contributed by atoms with Gasteiger partial charge in [-0.15, -0.1) is 0 Å². The third-order valence-corrected chi connectivity index (χ3v) is 1.11. The molecule has 0 saturated carbocycles. The second kappa shape index (κ2) is 2.31. The van der Waals surface area contributed by atoms with Crippen LogP contribution in [0.2, 0.25) is 0 Å². The molecular weight excluding hydrogens is 128 g/mol. The minimum atomic E-state index is -0.0481. The van der Waals surface area contributed by atoms with Crippen molar-refractivity contribution < 1.29 is 0 Å². The highest BCUT2D eigenvalue weighted by atomic mass is 15.2. The third-order valence-electron chi connectivity index (χ3n) is 1.11. The van der Waals surface area contributed by atoms with Gasteiger partial charge in [0.15, 0.2) is 0 Å². The minimum absolute atomic E-state index is 0.0481. The van der Waals surface area contributed by atoms with Crippen LogP contribution in [0.15, 0.2) is 12.4 Å². The van der Waals surface area contributed by atoms with Gasteiger partial charge in [-0.3, -0.25) is 10.1 Å². The zero-order valence-electron chi connectivity index (χ0n) is 5.50. The number of nitrogens with one attached hydrogen (secondary N) is 1. The largest absolute Gasteiger partial charge is 0.290 e. The van der Waals surface area contributed by atoms with E-state index < -0.39 is 0 Å². The van der Waals surface area contributed by atoms with Crippen LogP contribution in [0.25, 0.3) is 0 Å². The highest BCUT2D eigenvalue weighted by Crippen LogP contribution is 1.95. The Morgan fingerprint density at radius 3 is 3.00 bits per heavy atom. The minimum Gasteiger partial charge on any atom is -0.290 e. The summed E-state index contributed by atoms with van der Waals surface area (Å²) in [6.07, 6.45) is 3.12. The molecule has 0 aliphatic carbocycles. The SMILES string of the molecule is Cn1cc(C(=N)C#N)cn1. The first-order valence-electron chi connectivity index (χ1n) is 2.71. The highest BCUT2D eigenvalue weighted by molar-refractivity contribution is 6.09. The molecule has 0 spiro atoms. The molecule has 0 radical (unpaired) electrons. The second-order valence-corrected chi connectivity index (χ2v) is 1.89. The predicted molar refractivity (Wildman–Crippen MR) is 35.6 cm³/mol. The summed E-state index contributed by atoms with van der Waals surface area (Å²) < 4.78 is 1.56. The maximum Gasteiger partial charge on any atom is 0.142 e. The van der Waals surface area contributed by atoms with E-state index in [0.717, 1.165) is 0 Å². The second-order valence-electron chi connectivity index (χ2n) is 1.89. The molecule has 4 nitrogen and oxygen atoms in total. The van der Waals surface area contributed by atoms with Crippen molar-refractivity contribution in [3.63, 3.8) is 0 Å². The number of aromatic nitrogens is 2. The van der Waals surface area contributed by atoms with Crippen LogP contribution in [0.3, 0.4) is 0 Å². The molecule has 1 rings (SSSR count). The van der Waals surface area contributed by atoms with Crippen LogP contribution in [-0.4, -0.2) is 15.5 Å². The molecule has 1 aromatic heterocycles. The predicted octanol–water partition coefficient (Wildman–Crippen LogP) is 0.312. The summed E-state index contributed by atoms with van der Waals surface area (Å²) in [6, 6.07) is 1.72. The highest BCUT2D eigenvalue weighted by Gasteiger charge is 1.99. The van der Waals surface area contributed by atoms with Gasteiger partial charge in [-0.25, -0.2) is 0 Å². The van der Waals surface area contributed by atoms with E-state index in [2.05, 4.69) is 5.10 Å². The molecule has 0 atom stereocenters. The van der Waals surface area contributed by atoms with Gasteiger partial charge in [-0.05, 0) is 0 Å². The lowest BCUT2D eigenvalue weighted by Gasteiger charge is -1.83. The van der Waals surface area contributed by atoms with Crippen molar-refractivity contribution in [1.29, 1.82) is 10.7 Å². The Hall–Kier alpha value is -1.63. The van der Waals surface area contributed by atoms with E-state index in [9.17, 15) is 0 Å². The summed E-state index contributed by atoms with van der Waals surface area (Å²) in [5, 5.41) is 19.2. The van der Waals surface area contributed by atoms with Crippen LogP contribution < -0.4 is 0 Å². The topological polar surface area (TPSA) is 65.5 Å². The first-order valence-corrected chi connectivity index (χ1v) is 2.71. The van der Waals surface area contributed by atoms with Crippen molar-refractivity contribution >= 4 is 5.71 Å². The van der Waals surface area contributed by atoms with Crippen molar-refractivity contribution in [3.05, 3.63) is 18.0 Å². The van der Waals surface area contributed by atoms with Crippen molar-refractivity contribution in [1.82, 2.24) is 9.78 Å². The summed E-state index contributed by atoms with van der Waals surface area (Å²) in [5.41, 5.74) is 0.512. The zero-order valence-corrected chi connectivity index (χ0v) is 5.50. The Morgan fingerprint density at radius 1 is 1.90 bits per heavy atom. The van der Waals surface area contributed by atoms with E-state index in [1.54, 1.807) is 24.0 Å². The van der Waals surface area contributed by atoms with E-state index in [1.165, 1.54) is 6.20 Å². The van der Waals surface area contributed by atoms with Gasteiger partial charge in [0.05, 0.1) is 6.20 Å². The quantitative estimate of drug-likeness (QED) is 0.562. The van der Waals surface area contributed by atoms with E-state index >= 15 is 0 Å². The molecule has 0 saturated heterocycles. The molecule has 1 aromatic rings. The van der Waals surface area contributed by atoms with Gasteiger partial charge < -0.3 is 0 Å². The molecule has 0 aliphatic heterocycles. The van der Waals surface area contributed by atoms with Crippen molar-refractivity contribution in [2.24, 2.45) is 7.05 Å². The molecular formula is C6H6N4. The maximum absolute atomic E-state index is 8.29. The van der Waals surface area contributed by atoms with Gasteiger partial charge in [0.2, 0.25) is 0 Å². The normalized spacial score (nSPS) is 8.80. The van der Waals surface area contributed by atoms with Gasteiger partial charge in [-0.1, -0.05) is 0 Å². The fourth-order valence-electron chi connectivity index (χ4n) is 0.615. The molecule has 0 amide bonds. The third kappa shape index (κ3) is 1.03. The molecule has 0 unspecified atom stereocenters. The zero-order chi connectivity index (χ0) is 7.56.